The lowest BCUT2D eigenvalue weighted by molar-refractivity contribution is -0.112. The van der Waals surface area contributed by atoms with Gasteiger partial charge in [0.25, 0.3) is 5.91 Å². The van der Waals surface area contributed by atoms with E-state index >= 15 is 0 Å². The second-order valence-electron chi connectivity index (χ2n) is 10.1. The fourth-order valence-corrected chi connectivity index (χ4v) is 5.13. The van der Waals surface area contributed by atoms with Crippen LogP contribution in [0.15, 0.2) is 41.5 Å². The number of hydrogen-bond acceptors (Lipinski definition) is 5. The standard InChI is InChI=1S/C28H42FNO5/c1-17-9-21-12-24(29)14-25(13-21)30-28(34)18(2)7-6-8-22(15-31)27(35-5)20(4)11-19(3)26(33)23(10-17)16-32/h7,11-14,17,19,22-23,26-27,31-33H,6,8-10,15-16H2,1-5H3,(H,30,34)/b18-7+,20-11+/t17-,19+,22-,23-,26-,27+/m1/s1. The van der Waals surface area contributed by atoms with Crippen LogP contribution >= 0.6 is 0 Å². The van der Waals surface area contributed by atoms with E-state index in [9.17, 15) is 24.5 Å². The number of carbonyl (C=O) groups excluding carboxylic acids is 1. The van der Waals surface area contributed by atoms with Gasteiger partial charge in [-0.1, -0.05) is 26.0 Å². The van der Waals surface area contributed by atoms with Crippen molar-refractivity contribution < 1.29 is 29.2 Å². The third-order valence-electron chi connectivity index (χ3n) is 7.00. The lowest BCUT2D eigenvalue weighted by atomic mass is 9.82. The Balaban J connectivity index is 2.42. The van der Waals surface area contributed by atoms with E-state index in [1.807, 2.05) is 32.9 Å². The zero-order valence-corrected chi connectivity index (χ0v) is 21.6. The number of fused-ring (bicyclic) bond motifs is 2. The number of benzene rings is 1. The highest BCUT2D eigenvalue weighted by atomic mass is 19.1. The number of amides is 1. The van der Waals surface area contributed by atoms with Gasteiger partial charge < -0.3 is 25.4 Å². The molecule has 0 spiro atoms. The molecule has 6 nitrogen and oxygen atoms in total. The number of rotatable bonds is 3. The van der Waals surface area contributed by atoms with Crippen molar-refractivity contribution in [2.75, 3.05) is 25.6 Å². The van der Waals surface area contributed by atoms with Crippen molar-refractivity contribution in [3.63, 3.8) is 0 Å². The van der Waals surface area contributed by atoms with E-state index in [0.29, 0.717) is 36.9 Å². The van der Waals surface area contributed by atoms with Gasteiger partial charge in [0.1, 0.15) is 5.82 Å². The number of ether oxygens (including phenoxy) is 1. The van der Waals surface area contributed by atoms with Crippen LogP contribution in [0.4, 0.5) is 10.1 Å². The molecule has 196 valence electrons. The first-order valence-electron chi connectivity index (χ1n) is 12.5. The van der Waals surface area contributed by atoms with Crippen molar-refractivity contribution in [3.05, 3.63) is 52.9 Å². The van der Waals surface area contributed by atoms with Gasteiger partial charge in [0.05, 0.1) is 12.2 Å². The molecule has 7 heteroatoms. The Morgan fingerprint density at radius 2 is 1.80 bits per heavy atom. The first-order valence-corrected chi connectivity index (χ1v) is 12.5. The van der Waals surface area contributed by atoms with Crippen molar-refractivity contribution in [2.45, 2.75) is 65.6 Å². The van der Waals surface area contributed by atoms with Crippen molar-refractivity contribution in [3.8, 4) is 0 Å². The molecule has 0 fully saturated rings. The first-order chi connectivity index (χ1) is 16.6. The molecule has 0 unspecified atom stereocenters. The van der Waals surface area contributed by atoms with Gasteiger partial charge in [-0.05, 0) is 74.8 Å². The number of allylic oxidation sites excluding steroid dienone is 1. The highest BCUT2D eigenvalue weighted by Gasteiger charge is 2.28. The number of carbonyl (C=O) groups is 1. The summed E-state index contributed by atoms with van der Waals surface area (Å²) < 4.78 is 20.0. The number of anilines is 1. The average Bonchev–Trinajstić information content (AvgIpc) is 2.80. The summed E-state index contributed by atoms with van der Waals surface area (Å²) in [6.07, 6.45) is 4.94. The molecule has 35 heavy (non-hydrogen) atoms. The predicted molar refractivity (Wildman–Crippen MR) is 136 cm³/mol. The lowest BCUT2D eigenvalue weighted by Gasteiger charge is -2.29. The second kappa shape index (κ2) is 13.9. The maximum absolute atomic E-state index is 14.3. The molecule has 1 heterocycles. The Kier molecular flexibility index (Phi) is 11.6. The maximum Gasteiger partial charge on any atom is 0.250 e. The number of aliphatic hydroxyl groups excluding tert-OH is 3. The van der Waals surface area contributed by atoms with Gasteiger partial charge in [-0.3, -0.25) is 4.79 Å². The minimum atomic E-state index is -0.766. The number of nitrogens with one attached hydrogen (secondary N) is 1. The smallest absolute Gasteiger partial charge is 0.250 e. The van der Waals surface area contributed by atoms with E-state index in [1.165, 1.54) is 12.1 Å². The van der Waals surface area contributed by atoms with E-state index < -0.39 is 11.9 Å². The third-order valence-corrected chi connectivity index (χ3v) is 7.00. The first kappa shape index (κ1) is 29.2. The van der Waals surface area contributed by atoms with Crippen molar-refractivity contribution in [1.82, 2.24) is 0 Å². The highest BCUT2D eigenvalue weighted by Crippen LogP contribution is 2.28. The topological polar surface area (TPSA) is 99.0 Å². The Morgan fingerprint density at radius 3 is 2.43 bits per heavy atom. The summed E-state index contributed by atoms with van der Waals surface area (Å²) in [5.74, 6) is -1.43. The molecule has 1 aliphatic rings. The van der Waals surface area contributed by atoms with Gasteiger partial charge in [0, 0.05) is 49.3 Å². The van der Waals surface area contributed by atoms with Crippen LogP contribution in [0.5, 0.6) is 0 Å². The van der Waals surface area contributed by atoms with E-state index in [2.05, 4.69) is 5.32 Å². The summed E-state index contributed by atoms with van der Waals surface area (Å²) in [5.41, 5.74) is 2.56. The van der Waals surface area contributed by atoms with Gasteiger partial charge in [-0.2, -0.15) is 0 Å². The van der Waals surface area contributed by atoms with Crippen LogP contribution in [0.2, 0.25) is 0 Å². The zero-order valence-electron chi connectivity index (χ0n) is 21.6. The summed E-state index contributed by atoms with van der Waals surface area (Å²) in [6.45, 7) is 7.31. The van der Waals surface area contributed by atoms with Crippen molar-refractivity contribution in [1.29, 1.82) is 0 Å². The van der Waals surface area contributed by atoms with Crippen LogP contribution < -0.4 is 5.32 Å². The molecule has 0 saturated heterocycles. The fourth-order valence-electron chi connectivity index (χ4n) is 5.13. The average molecular weight is 492 g/mol. The molecule has 0 saturated carbocycles. The van der Waals surface area contributed by atoms with Crippen molar-refractivity contribution >= 4 is 11.6 Å². The quantitative estimate of drug-likeness (QED) is 0.474. The molecule has 1 aromatic carbocycles. The van der Waals surface area contributed by atoms with E-state index in [0.717, 1.165) is 11.1 Å². The van der Waals surface area contributed by atoms with Crippen LogP contribution in [0.3, 0.4) is 0 Å². The van der Waals surface area contributed by atoms with Crippen LogP contribution in [0.25, 0.3) is 0 Å². The van der Waals surface area contributed by atoms with Crippen LogP contribution in [0, 0.1) is 29.5 Å². The second-order valence-corrected chi connectivity index (χ2v) is 10.1. The Morgan fingerprint density at radius 1 is 1.11 bits per heavy atom. The molecule has 2 bridgehead atoms. The predicted octanol–water partition coefficient (Wildman–Crippen LogP) is 4.25. The Hall–Kier alpha value is -2.06. The van der Waals surface area contributed by atoms with Crippen LogP contribution in [0.1, 0.15) is 52.5 Å². The maximum atomic E-state index is 14.3. The molecule has 2 rings (SSSR count). The molecule has 1 aromatic rings. The van der Waals surface area contributed by atoms with Crippen LogP contribution in [-0.4, -0.2) is 53.8 Å². The van der Waals surface area contributed by atoms with Gasteiger partial charge in [0.15, 0.2) is 0 Å². The van der Waals surface area contributed by atoms with Crippen LogP contribution in [-0.2, 0) is 16.0 Å². The Bertz CT molecular complexity index is 899. The molecule has 1 amide bonds. The lowest BCUT2D eigenvalue weighted by Crippen LogP contribution is -2.32. The fraction of sp³-hybridized carbons (Fsp3) is 0.607. The molecule has 0 aromatic heterocycles. The largest absolute Gasteiger partial charge is 0.396 e. The zero-order chi connectivity index (χ0) is 26.1. The third kappa shape index (κ3) is 8.53. The summed E-state index contributed by atoms with van der Waals surface area (Å²) in [5, 5.41) is 33.8. The summed E-state index contributed by atoms with van der Waals surface area (Å²) in [7, 11) is 1.60. The van der Waals surface area contributed by atoms with Gasteiger partial charge >= 0.3 is 0 Å². The number of aliphatic hydroxyl groups is 3. The molecule has 0 radical (unpaired) electrons. The molecule has 6 atom stereocenters. The number of halogens is 1. The molecular weight excluding hydrogens is 449 g/mol. The van der Waals surface area contributed by atoms with Gasteiger partial charge in [-0.25, -0.2) is 4.39 Å². The molecule has 4 N–H and O–H groups in total. The number of methoxy groups -OCH3 is 1. The van der Waals surface area contributed by atoms with E-state index in [4.69, 9.17) is 4.74 Å². The summed E-state index contributed by atoms with van der Waals surface area (Å²) in [6, 6.07) is 4.52. The minimum absolute atomic E-state index is 0.0682. The molecule has 1 aliphatic heterocycles. The minimum Gasteiger partial charge on any atom is -0.396 e. The van der Waals surface area contributed by atoms with Gasteiger partial charge in [0.2, 0.25) is 0 Å². The summed E-state index contributed by atoms with van der Waals surface area (Å²) in [4.78, 5) is 12.7. The van der Waals surface area contributed by atoms with E-state index in [-0.39, 0.29) is 48.9 Å². The normalized spacial score (nSPS) is 32.8. The monoisotopic (exact) mass is 491 g/mol. The summed E-state index contributed by atoms with van der Waals surface area (Å²) >= 11 is 0. The Labute approximate surface area is 208 Å². The van der Waals surface area contributed by atoms with E-state index in [1.54, 1.807) is 20.1 Å². The van der Waals surface area contributed by atoms with Gasteiger partial charge in [-0.15, -0.1) is 0 Å². The molecular formula is C28H42FNO5. The molecule has 0 aliphatic carbocycles. The highest BCUT2D eigenvalue weighted by molar-refractivity contribution is 6.03. The van der Waals surface area contributed by atoms with Crippen molar-refractivity contribution in [2.24, 2.45) is 23.7 Å². The number of hydrogen-bond donors (Lipinski definition) is 4. The SMILES string of the molecule is CO[C@H]1/C(C)=C/[C@H](C)[C@@H](O)[C@@H](CO)C[C@H](C)Cc2cc(F)cc(c2)NC(=O)/C(C)=C/CC[C@@H]1CO.